The molecule has 0 aliphatic heterocycles. The average molecular weight is 314 g/mol. The smallest absolute Gasteiger partial charge is 0.0187 e. The fraction of sp³-hybridized carbons (Fsp3) is 0.182. The van der Waals surface area contributed by atoms with Gasteiger partial charge in [-0.2, -0.15) is 0 Å². The van der Waals surface area contributed by atoms with Crippen LogP contribution < -0.4 is 0 Å². The Bertz CT molecular complexity index is 995. The lowest BCUT2D eigenvalue weighted by atomic mass is 9.79. The second-order valence-electron chi connectivity index (χ2n) is 6.48. The second-order valence-corrected chi connectivity index (χ2v) is 7.45. The molecule has 1 aromatic heterocycles. The monoisotopic (exact) mass is 314 g/mol. The lowest BCUT2D eigenvalue weighted by Crippen LogP contribution is -2.10. The number of rotatable bonds is 1. The van der Waals surface area contributed by atoms with E-state index in [0.29, 0.717) is 5.92 Å². The summed E-state index contributed by atoms with van der Waals surface area (Å²) < 4.78 is 0. The number of fused-ring (bicyclic) bond motifs is 5. The van der Waals surface area contributed by atoms with E-state index < -0.39 is 0 Å². The summed E-state index contributed by atoms with van der Waals surface area (Å²) in [5, 5.41) is 7.80. The van der Waals surface area contributed by atoms with Gasteiger partial charge in [0.15, 0.2) is 0 Å². The summed E-state index contributed by atoms with van der Waals surface area (Å²) in [4.78, 5) is 1.52. The molecule has 0 spiro atoms. The van der Waals surface area contributed by atoms with E-state index in [2.05, 4.69) is 66.0 Å². The first-order chi connectivity index (χ1) is 11.4. The van der Waals surface area contributed by atoms with Gasteiger partial charge in [-0.05, 0) is 63.4 Å². The SMILES string of the molecule is c1csc(C2CCCc3c2ccc2c3ccc3ccccc32)c1. The third-order valence-corrected chi connectivity index (χ3v) is 6.24. The van der Waals surface area contributed by atoms with E-state index in [1.165, 1.54) is 45.7 Å². The maximum Gasteiger partial charge on any atom is 0.0187 e. The van der Waals surface area contributed by atoms with E-state index >= 15 is 0 Å². The van der Waals surface area contributed by atoms with E-state index in [4.69, 9.17) is 0 Å². The molecular formula is C22H18S. The van der Waals surface area contributed by atoms with Crippen LogP contribution in [0.5, 0.6) is 0 Å². The van der Waals surface area contributed by atoms with Gasteiger partial charge in [0.25, 0.3) is 0 Å². The molecule has 5 rings (SSSR count). The van der Waals surface area contributed by atoms with E-state index in [1.807, 2.05) is 11.3 Å². The van der Waals surface area contributed by atoms with E-state index in [0.717, 1.165) is 0 Å². The summed E-state index contributed by atoms with van der Waals surface area (Å²) in [5.41, 5.74) is 3.14. The molecule has 1 aliphatic carbocycles. The maximum atomic E-state index is 2.40. The van der Waals surface area contributed by atoms with Crippen molar-refractivity contribution in [1.29, 1.82) is 0 Å². The van der Waals surface area contributed by atoms with Crippen molar-refractivity contribution >= 4 is 32.9 Å². The number of aryl methyl sites for hydroxylation is 1. The quantitative estimate of drug-likeness (QED) is 0.351. The number of benzene rings is 3. The molecule has 4 aromatic rings. The molecule has 1 unspecified atom stereocenters. The standard InChI is InChI=1S/C22H18S/c1-2-6-16-15(5-1)10-11-19-17-7-3-8-21(22-9-4-14-23-22)20(17)13-12-18(16)19/h1-2,4-6,9-14,21H,3,7-8H2. The molecule has 23 heavy (non-hydrogen) atoms. The first-order valence-corrected chi connectivity index (χ1v) is 9.26. The van der Waals surface area contributed by atoms with Crippen LogP contribution in [0, 0.1) is 0 Å². The number of thiophene rings is 1. The van der Waals surface area contributed by atoms with E-state index in [1.54, 1.807) is 11.1 Å². The number of hydrogen-bond acceptors (Lipinski definition) is 1. The molecule has 0 amide bonds. The van der Waals surface area contributed by atoms with Crippen LogP contribution in [-0.4, -0.2) is 0 Å². The highest BCUT2D eigenvalue weighted by atomic mass is 32.1. The fourth-order valence-corrected chi connectivity index (χ4v) is 5.08. The van der Waals surface area contributed by atoms with Gasteiger partial charge in [-0.1, -0.05) is 54.6 Å². The zero-order valence-corrected chi connectivity index (χ0v) is 13.8. The Labute approximate surface area is 140 Å². The van der Waals surface area contributed by atoms with Crippen molar-refractivity contribution in [2.45, 2.75) is 25.2 Å². The predicted molar refractivity (Wildman–Crippen MR) is 101 cm³/mol. The topological polar surface area (TPSA) is 0 Å². The molecule has 0 saturated carbocycles. The zero-order chi connectivity index (χ0) is 15.2. The zero-order valence-electron chi connectivity index (χ0n) is 13.0. The minimum Gasteiger partial charge on any atom is -0.148 e. The molecule has 3 aromatic carbocycles. The Morgan fingerprint density at radius 1 is 0.783 bits per heavy atom. The van der Waals surface area contributed by atoms with Crippen LogP contribution in [-0.2, 0) is 6.42 Å². The van der Waals surface area contributed by atoms with Crippen LogP contribution in [0.25, 0.3) is 21.5 Å². The molecule has 1 atom stereocenters. The van der Waals surface area contributed by atoms with Gasteiger partial charge in [0.1, 0.15) is 0 Å². The first kappa shape index (κ1) is 13.3. The molecule has 112 valence electrons. The highest BCUT2D eigenvalue weighted by Gasteiger charge is 2.24. The summed E-state index contributed by atoms with van der Waals surface area (Å²) in [6, 6.07) is 22.6. The minimum absolute atomic E-state index is 0.592. The Kier molecular flexibility index (Phi) is 3.02. The lowest BCUT2D eigenvalue weighted by molar-refractivity contribution is 0.626. The van der Waals surface area contributed by atoms with Gasteiger partial charge < -0.3 is 0 Å². The van der Waals surface area contributed by atoms with Crippen LogP contribution in [0.1, 0.15) is 34.8 Å². The maximum absolute atomic E-state index is 2.40. The molecule has 1 heterocycles. The van der Waals surface area contributed by atoms with Crippen LogP contribution in [0.2, 0.25) is 0 Å². The Morgan fingerprint density at radius 2 is 1.70 bits per heavy atom. The molecule has 0 nitrogen and oxygen atoms in total. The molecule has 0 saturated heterocycles. The normalized spacial score (nSPS) is 17.5. The van der Waals surface area contributed by atoms with Crippen LogP contribution >= 0.6 is 11.3 Å². The van der Waals surface area contributed by atoms with E-state index in [-0.39, 0.29) is 0 Å². The van der Waals surface area contributed by atoms with Gasteiger partial charge in [-0.15, -0.1) is 11.3 Å². The van der Waals surface area contributed by atoms with Gasteiger partial charge in [-0.3, -0.25) is 0 Å². The van der Waals surface area contributed by atoms with Crippen LogP contribution in [0.4, 0.5) is 0 Å². The van der Waals surface area contributed by atoms with Crippen molar-refractivity contribution < 1.29 is 0 Å². The Hall–Kier alpha value is -2.12. The largest absolute Gasteiger partial charge is 0.148 e. The molecule has 1 aliphatic rings. The summed E-state index contributed by atoms with van der Waals surface area (Å²) in [6.07, 6.45) is 3.79. The van der Waals surface area contributed by atoms with Gasteiger partial charge in [0.05, 0.1) is 0 Å². The van der Waals surface area contributed by atoms with Crippen molar-refractivity contribution in [2.75, 3.05) is 0 Å². The Balaban J connectivity index is 1.79. The van der Waals surface area contributed by atoms with Crippen molar-refractivity contribution in [2.24, 2.45) is 0 Å². The first-order valence-electron chi connectivity index (χ1n) is 8.38. The fourth-order valence-electron chi connectivity index (χ4n) is 4.20. The molecule has 0 N–H and O–H groups in total. The summed E-state index contributed by atoms with van der Waals surface area (Å²) in [6.45, 7) is 0. The van der Waals surface area contributed by atoms with Crippen molar-refractivity contribution in [3.63, 3.8) is 0 Å². The molecule has 0 radical (unpaired) electrons. The van der Waals surface area contributed by atoms with Crippen LogP contribution in [0.15, 0.2) is 66.0 Å². The predicted octanol–water partition coefficient (Wildman–Crippen LogP) is 6.52. The number of hydrogen-bond donors (Lipinski definition) is 0. The average Bonchev–Trinajstić information content (AvgIpc) is 3.15. The summed E-state index contributed by atoms with van der Waals surface area (Å²) in [5.74, 6) is 0.592. The van der Waals surface area contributed by atoms with Gasteiger partial charge in [-0.25, -0.2) is 0 Å². The van der Waals surface area contributed by atoms with Gasteiger partial charge in [0.2, 0.25) is 0 Å². The van der Waals surface area contributed by atoms with Gasteiger partial charge in [0, 0.05) is 10.8 Å². The third-order valence-electron chi connectivity index (χ3n) is 5.26. The lowest BCUT2D eigenvalue weighted by Gasteiger charge is -2.26. The highest BCUT2D eigenvalue weighted by molar-refractivity contribution is 7.10. The second kappa shape index (κ2) is 5.21. The highest BCUT2D eigenvalue weighted by Crippen LogP contribution is 2.42. The summed E-state index contributed by atoms with van der Waals surface area (Å²) in [7, 11) is 0. The van der Waals surface area contributed by atoms with Crippen LogP contribution in [0.3, 0.4) is 0 Å². The summed E-state index contributed by atoms with van der Waals surface area (Å²) >= 11 is 1.90. The van der Waals surface area contributed by atoms with E-state index in [9.17, 15) is 0 Å². The van der Waals surface area contributed by atoms with Gasteiger partial charge >= 0.3 is 0 Å². The molecular weight excluding hydrogens is 296 g/mol. The van der Waals surface area contributed by atoms with Crippen molar-refractivity contribution in [3.05, 3.63) is 82.0 Å². The molecule has 0 fully saturated rings. The Morgan fingerprint density at radius 3 is 2.61 bits per heavy atom. The van der Waals surface area contributed by atoms with Crippen molar-refractivity contribution in [3.8, 4) is 0 Å². The third kappa shape index (κ3) is 2.04. The van der Waals surface area contributed by atoms with Crippen molar-refractivity contribution in [1.82, 2.24) is 0 Å². The molecule has 0 bridgehead atoms. The molecule has 1 heteroatoms. The minimum atomic E-state index is 0.592.